The van der Waals surface area contributed by atoms with Gasteiger partial charge in [-0.1, -0.05) is 53.0 Å². The molecule has 1 aliphatic heterocycles. The molecular weight excluding hydrogens is 501 g/mol. The molecule has 0 bridgehead atoms. The highest BCUT2D eigenvalue weighted by Gasteiger charge is 2.26. The van der Waals surface area contributed by atoms with Crippen molar-refractivity contribution in [2.24, 2.45) is 4.99 Å². The summed E-state index contributed by atoms with van der Waals surface area (Å²) in [5.74, 6) is 1.02. The van der Waals surface area contributed by atoms with Crippen LogP contribution in [0.5, 0.6) is 0 Å². The monoisotopic (exact) mass is 515 g/mol. The highest BCUT2D eigenvalue weighted by atomic mass is 35.5. The number of hydrogen-bond acceptors (Lipinski definition) is 5. The van der Waals surface area contributed by atoms with Crippen molar-refractivity contribution in [1.29, 1.82) is 0 Å². The summed E-state index contributed by atoms with van der Waals surface area (Å²) >= 11 is 20.1. The fourth-order valence-electron chi connectivity index (χ4n) is 3.66. The van der Waals surface area contributed by atoms with Crippen LogP contribution in [0.25, 0.3) is 5.00 Å². The van der Waals surface area contributed by atoms with Crippen LogP contribution in [0.15, 0.2) is 53.5 Å². The van der Waals surface area contributed by atoms with Crippen molar-refractivity contribution in [1.82, 2.24) is 20.1 Å². The Bertz CT molecular complexity index is 1430. The van der Waals surface area contributed by atoms with Gasteiger partial charge in [-0.2, -0.15) is 0 Å². The molecule has 166 valence electrons. The Kier molecular flexibility index (Phi) is 5.97. The van der Waals surface area contributed by atoms with E-state index in [9.17, 15) is 4.79 Å². The number of aliphatic imine (C=N–C) groups is 1. The quantitative estimate of drug-likeness (QED) is 0.368. The minimum Gasteiger partial charge on any atom is -0.345 e. The molecule has 1 amide bonds. The van der Waals surface area contributed by atoms with Gasteiger partial charge in [0.25, 0.3) is 5.91 Å². The molecule has 1 aliphatic rings. The van der Waals surface area contributed by atoms with E-state index in [0.717, 1.165) is 26.7 Å². The normalized spacial score (nSPS) is 12.5. The Labute approximate surface area is 208 Å². The van der Waals surface area contributed by atoms with E-state index in [1.54, 1.807) is 23.5 Å². The van der Waals surface area contributed by atoms with Gasteiger partial charge in [0, 0.05) is 26.6 Å². The number of fused-ring (bicyclic) bond motifs is 3. The van der Waals surface area contributed by atoms with E-state index in [1.165, 1.54) is 6.07 Å². The van der Waals surface area contributed by atoms with Crippen LogP contribution in [0.3, 0.4) is 0 Å². The number of benzene rings is 2. The summed E-state index contributed by atoms with van der Waals surface area (Å²) in [7, 11) is 0. The van der Waals surface area contributed by atoms with Gasteiger partial charge in [-0.3, -0.25) is 14.4 Å². The van der Waals surface area contributed by atoms with Gasteiger partial charge >= 0.3 is 0 Å². The minimum absolute atomic E-state index is 0.184. The van der Waals surface area contributed by atoms with Crippen LogP contribution in [-0.2, 0) is 13.1 Å². The van der Waals surface area contributed by atoms with Gasteiger partial charge in [0.1, 0.15) is 11.5 Å². The zero-order chi connectivity index (χ0) is 23.1. The van der Waals surface area contributed by atoms with Gasteiger partial charge in [-0.25, -0.2) is 0 Å². The summed E-state index contributed by atoms with van der Waals surface area (Å²) in [5, 5.41) is 13.9. The number of halogens is 3. The van der Waals surface area contributed by atoms with Crippen LogP contribution >= 0.6 is 46.1 Å². The van der Waals surface area contributed by atoms with Gasteiger partial charge in [-0.15, -0.1) is 21.5 Å². The molecule has 2 aromatic carbocycles. The molecule has 1 N–H and O–H groups in total. The molecule has 0 spiro atoms. The summed E-state index contributed by atoms with van der Waals surface area (Å²) in [6, 6.07) is 14.5. The average Bonchev–Trinajstić information content (AvgIpc) is 3.34. The predicted octanol–water partition coefficient (Wildman–Crippen LogP) is 5.88. The number of amides is 1. The number of aromatic nitrogens is 3. The highest BCUT2D eigenvalue weighted by molar-refractivity contribution is 7.15. The molecule has 10 heteroatoms. The number of nitrogens with one attached hydrogen (secondary N) is 1. The first-order valence-corrected chi connectivity index (χ1v) is 11.9. The maximum absolute atomic E-state index is 12.7. The highest BCUT2D eigenvalue weighted by Crippen LogP contribution is 2.34. The summed E-state index contributed by atoms with van der Waals surface area (Å²) < 4.78 is 1.97. The summed E-state index contributed by atoms with van der Waals surface area (Å²) in [4.78, 5) is 18.6. The van der Waals surface area contributed by atoms with Crippen molar-refractivity contribution >= 4 is 57.8 Å². The first kappa shape index (κ1) is 22.1. The largest absolute Gasteiger partial charge is 0.345 e. The molecule has 0 saturated carbocycles. The van der Waals surface area contributed by atoms with Gasteiger partial charge in [0.05, 0.1) is 22.3 Å². The van der Waals surface area contributed by atoms with Gasteiger partial charge in [-0.05, 0) is 37.3 Å². The first-order chi connectivity index (χ1) is 15.9. The lowest BCUT2D eigenvalue weighted by atomic mass is 10.0. The Hall–Kier alpha value is -2.71. The third kappa shape index (κ3) is 4.17. The van der Waals surface area contributed by atoms with E-state index in [1.807, 2.05) is 35.8 Å². The van der Waals surface area contributed by atoms with Crippen molar-refractivity contribution in [3.63, 3.8) is 0 Å². The van der Waals surface area contributed by atoms with Crippen LogP contribution in [0, 0.1) is 6.92 Å². The number of carbonyl (C=O) groups excluding carboxylic acids is 1. The average molecular weight is 517 g/mol. The first-order valence-electron chi connectivity index (χ1n) is 9.99. The molecule has 0 fully saturated rings. The van der Waals surface area contributed by atoms with E-state index < -0.39 is 0 Å². The molecular formula is C23H16Cl3N5OS. The molecule has 6 nitrogen and oxygen atoms in total. The lowest BCUT2D eigenvalue weighted by molar-refractivity contribution is 0.0949. The number of aryl methyl sites for hydroxylation is 1. The zero-order valence-corrected chi connectivity index (χ0v) is 20.4. The molecule has 0 unspecified atom stereocenters. The van der Waals surface area contributed by atoms with Crippen molar-refractivity contribution in [3.8, 4) is 5.00 Å². The van der Waals surface area contributed by atoms with Crippen molar-refractivity contribution in [2.45, 2.75) is 20.0 Å². The number of hydrogen-bond donors (Lipinski definition) is 1. The van der Waals surface area contributed by atoms with Gasteiger partial charge in [0.2, 0.25) is 0 Å². The third-order valence-electron chi connectivity index (χ3n) is 5.19. The molecule has 33 heavy (non-hydrogen) atoms. The van der Waals surface area contributed by atoms with Gasteiger partial charge < -0.3 is 5.32 Å². The predicted molar refractivity (Wildman–Crippen MR) is 132 cm³/mol. The maximum atomic E-state index is 12.7. The topological polar surface area (TPSA) is 72.2 Å². The number of carbonyl (C=O) groups is 1. The zero-order valence-electron chi connectivity index (χ0n) is 17.3. The second kappa shape index (κ2) is 8.91. The molecule has 3 heterocycles. The van der Waals surface area contributed by atoms with Crippen molar-refractivity contribution in [3.05, 3.63) is 96.8 Å². The Morgan fingerprint density at radius 3 is 2.64 bits per heavy atom. The molecule has 0 radical (unpaired) electrons. The second-order valence-corrected chi connectivity index (χ2v) is 9.86. The summed E-state index contributed by atoms with van der Waals surface area (Å²) in [5.41, 5.74) is 3.06. The van der Waals surface area contributed by atoms with Crippen molar-refractivity contribution in [2.75, 3.05) is 0 Å². The Morgan fingerprint density at radius 2 is 1.85 bits per heavy atom. The molecule has 0 atom stereocenters. The van der Waals surface area contributed by atoms with E-state index >= 15 is 0 Å². The van der Waals surface area contributed by atoms with E-state index in [0.29, 0.717) is 38.8 Å². The van der Waals surface area contributed by atoms with Crippen molar-refractivity contribution < 1.29 is 4.79 Å². The number of thiophene rings is 1. The lowest BCUT2D eigenvalue weighted by Crippen LogP contribution is -2.24. The lowest BCUT2D eigenvalue weighted by Gasteiger charge is -2.11. The van der Waals surface area contributed by atoms with Crippen LogP contribution in [0.2, 0.25) is 15.1 Å². The van der Waals surface area contributed by atoms with Crippen LogP contribution < -0.4 is 5.32 Å². The number of nitrogens with zero attached hydrogens (tertiary/aromatic N) is 4. The molecule has 0 saturated heterocycles. The Balaban J connectivity index is 1.48. The molecule has 4 aromatic rings. The summed E-state index contributed by atoms with van der Waals surface area (Å²) in [6.07, 6.45) is 0. The molecule has 0 aliphatic carbocycles. The van der Waals surface area contributed by atoms with E-state index in [-0.39, 0.29) is 12.5 Å². The summed E-state index contributed by atoms with van der Waals surface area (Å²) in [6.45, 7) is 2.57. The van der Waals surface area contributed by atoms with Crippen LogP contribution in [0.4, 0.5) is 0 Å². The molecule has 5 rings (SSSR count). The van der Waals surface area contributed by atoms with Gasteiger partial charge in [0.15, 0.2) is 11.6 Å². The standard InChI is InChI=1S/C23H16Cl3N5OS/c1-12-8-15-21(14-4-2-3-5-16(14)24)27-10-19-29-30-20(31(19)23(15)33-12)11-28-22(32)13-6-7-17(25)18(26)9-13/h2-9H,10-11H2,1H3,(H,28,32). The van der Waals surface area contributed by atoms with Crippen LogP contribution in [0.1, 0.15) is 38.0 Å². The Morgan fingerprint density at radius 1 is 1.03 bits per heavy atom. The second-order valence-electron chi connectivity index (χ2n) is 7.40. The number of rotatable bonds is 4. The fraction of sp³-hybridized carbons (Fsp3) is 0.130. The fourth-order valence-corrected chi connectivity index (χ4v) is 5.23. The molecule has 2 aromatic heterocycles. The van der Waals surface area contributed by atoms with E-state index in [2.05, 4.69) is 21.6 Å². The SMILES string of the molecule is Cc1cc2c(s1)-n1c(nnc1CNC(=O)c1ccc(Cl)c(Cl)c1)CN=C2c1ccccc1Cl. The van der Waals surface area contributed by atoms with Crippen LogP contribution in [-0.4, -0.2) is 26.4 Å². The van der Waals surface area contributed by atoms with E-state index in [4.69, 9.17) is 39.8 Å². The maximum Gasteiger partial charge on any atom is 0.251 e. The smallest absolute Gasteiger partial charge is 0.251 e. The minimum atomic E-state index is -0.282. The third-order valence-corrected chi connectivity index (χ3v) is 7.29.